The number of likely N-dealkylation sites (tertiary alicyclic amines) is 1. The zero-order valence-electron chi connectivity index (χ0n) is 12.5. The van der Waals surface area contributed by atoms with E-state index in [1.807, 2.05) is 4.57 Å². The summed E-state index contributed by atoms with van der Waals surface area (Å²) in [5.41, 5.74) is 7.17. The van der Waals surface area contributed by atoms with Gasteiger partial charge in [0.1, 0.15) is 11.8 Å². The number of β-amino-alcohol motifs (C(OH)–C–C–N with tert-alkyl or cyclic N) is 1. The van der Waals surface area contributed by atoms with Gasteiger partial charge in [-0.05, 0) is 18.3 Å². The molecule has 3 N–H and O–H groups in total. The Morgan fingerprint density at radius 3 is 2.90 bits per heavy atom. The zero-order valence-corrected chi connectivity index (χ0v) is 12.5. The lowest BCUT2D eigenvalue weighted by molar-refractivity contribution is 0.129. The first kappa shape index (κ1) is 14.2. The van der Waals surface area contributed by atoms with Crippen molar-refractivity contribution in [2.45, 2.75) is 33.0 Å². The minimum atomic E-state index is -0.248. The molecule has 2 aromatic rings. The highest BCUT2D eigenvalue weighted by molar-refractivity contribution is 5.80. The summed E-state index contributed by atoms with van der Waals surface area (Å²) in [4.78, 5) is 14.7. The fourth-order valence-corrected chi connectivity index (χ4v) is 3.11. The molecule has 7 heteroatoms. The molecule has 114 valence electrons. The van der Waals surface area contributed by atoms with E-state index in [2.05, 4.69) is 33.7 Å². The standard InChI is InChI=1S/C14H22N6O/c1-9(2)3-10-4-19(5-11(10)21)8-20-7-18-12-13(15)16-6-17-14(12)20/h6-7,9-11,21H,3-5,8H2,1-2H3,(H2,15,16,17). The van der Waals surface area contributed by atoms with Crippen molar-refractivity contribution in [1.29, 1.82) is 0 Å². The predicted molar refractivity (Wildman–Crippen MR) is 80.3 cm³/mol. The fourth-order valence-electron chi connectivity index (χ4n) is 3.11. The third-order valence-corrected chi connectivity index (χ3v) is 4.04. The van der Waals surface area contributed by atoms with E-state index >= 15 is 0 Å². The molecule has 3 heterocycles. The third-order valence-electron chi connectivity index (χ3n) is 4.04. The van der Waals surface area contributed by atoms with Crippen molar-refractivity contribution in [3.05, 3.63) is 12.7 Å². The smallest absolute Gasteiger partial charge is 0.166 e. The van der Waals surface area contributed by atoms with Crippen LogP contribution < -0.4 is 5.73 Å². The summed E-state index contributed by atoms with van der Waals surface area (Å²) in [6, 6.07) is 0. The van der Waals surface area contributed by atoms with Crippen molar-refractivity contribution in [3.63, 3.8) is 0 Å². The highest BCUT2D eigenvalue weighted by atomic mass is 16.3. The molecule has 2 atom stereocenters. The topological polar surface area (TPSA) is 93.1 Å². The second kappa shape index (κ2) is 5.57. The van der Waals surface area contributed by atoms with Crippen molar-refractivity contribution in [2.75, 3.05) is 18.8 Å². The number of nitrogens with zero attached hydrogens (tertiary/aromatic N) is 5. The van der Waals surface area contributed by atoms with Gasteiger partial charge >= 0.3 is 0 Å². The van der Waals surface area contributed by atoms with Crippen LogP contribution >= 0.6 is 0 Å². The monoisotopic (exact) mass is 290 g/mol. The largest absolute Gasteiger partial charge is 0.391 e. The highest BCUT2D eigenvalue weighted by Gasteiger charge is 2.31. The van der Waals surface area contributed by atoms with Crippen molar-refractivity contribution >= 4 is 17.0 Å². The highest BCUT2D eigenvalue weighted by Crippen LogP contribution is 2.25. The van der Waals surface area contributed by atoms with Gasteiger partial charge in [-0.15, -0.1) is 0 Å². The summed E-state index contributed by atoms with van der Waals surface area (Å²) in [5, 5.41) is 10.2. The number of fused-ring (bicyclic) bond motifs is 1. The molecule has 2 aromatic heterocycles. The number of hydrogen-bond acceptors (Lipinski definition) is 6. The lowest BCUT2D eigenvalue weighted by Crippen LogP contribution is -2.24. The molecular weight excluding hydrogens is 268 g/mol. The van der Waals surface area contributed by atoms with Gasteiger partial charge in [0.05, 0.1) is 19.1 Å². The Kier molecular flexibility index (Phi) is 3.77. The molecule has 3 rings (SSSR count). The second-order valence-corrected chi connectivity index (χ2v) is 6.28. The maximum Gasteiger partial charge on any atom is 0.166 e. The number of hydrogen-bond donors (Lipinski definition) is 2. The van der Waals surface area contributed by atoms with Gasteiger partial charge in [0.25, 0.3) is 0 Å². The van der Waals surface area contributed by atoms with Crippen LogP contribution in [0.5, 0.6) is 0 Å². The molecular formula is C14H22N6O. The first-order valence-corrected chi connectivity index (χ1v) is 7.36. The molecule has 0 aliphatic carbocycles. The molecule has 21 heavy (non-hydrogen) atoms. The Bertz CT molecular complexity index is 625. The van der Waals surface area contributed by atoms with Gasteiger partial charge in [-0.2, -0.15) is 0 Å². The molecule has 0 bridgehead atoms. The third kappa shape index (κ3) is 2.84. The van der Waals surface area contributed by atoms with Crippen LogP contribution in [-0.2, 0) is 6.67 Å². The summed E-state index contributed by atoms with van der Waals surface area (Å²) in [6.07, 6.45) is 3.99. The van der Waals surface area contributed by atoms with Crippen molar-refractivity contribution in [2.24, 2.45) is 11.8 Å². The van der Waals surface area contributed by atoms with Gasteiger partial charge in [0.2, 0.25) is 0 Å². The van der Waals surface area contributed by atoms with Gasteiger partial charge in [0.15, 0.2) is 11.5 Å². The van der Waals surface area contributed by atoms with Crippen LogP contribution in [-0.4, -0.2) is 48.7 Å². The maximum atomic E-state index is 10.2. The lowest BCUT2D eigenvalue weighted by Gasteiger charge is -2.17. The van der Waals surface area contributed by atoms with Crippen LogP contribution in [0.3, 0.4) is 0 Å². The van der Waals surface area contributed by atoms with Crippen LogP contribution in [0.25, 0.3) is 11.2 Å². The molecule has 1 saturated heterocycles. The van der Waals surface area contributed by atoms with E-state index in [4.69, 9.17) is 5.73 Å². The average Bonchev–Trinajstić information content (AvgIpc) is 2.96. The quantitative estimate of drug-likeness (QED) is 0.861. The molecule has 0 amide bonds. The molecule has 1 aliphatic heterocycles. The van der Waals surface area contributed by atoms with E-state index in [-0.39, 0.29) is 6.10 Å². The SMILES string of the molecule is CC(C)CC1CN(Cn2cnc3c(N)ncnc32)CC1O. The number of nitrogen functional groups attached to an aromatic ring is 1. The number of aliphatic hydroxyl groups excluding tert-OH is 1. The van der Waals surface area contributed by atoms with Crippen LogP contribution in [0, 0.1) is 11.8 Å². The van der Waals surface area contributed by atoms with Crippen molar-refractivity contribution in [3.8, 4) is 0 Å². The van der Waals surface area contributed by atoms with E-state index in [1.54, 1.807) is 6.33 Å². The summed E-state index contributed by atoms with van der Waals surface area (Å²) >= 11 is 0. The summed E-state index contributed by atoms with van der Waals surface area (Å²) in [5.74, 6) is 1.35. The van der Waals surface area contributed by atoms with Crippen LogP contribution in [0.15, 0.2) is 12.7 Å². The molecule has 0 radical (unpaired) electrons. The van der Waals surface area contributed by atoms with E-state index in [0.717, 1.165) is 18.6 Å². The van der Waals surface area contributed by atoms with Gasteiger partial charge < -0.3 is 15.4 Å². The lowest BCUT2D eigenvalue weighted by atomic mass is 9.95. The number of rotatable bonds is 4. The number of aromatic nitrogens is 4. The molecule has 0 spiro atoms. The Labute approximate surface area is 123 Å². The van der Waals surface area contributed by atoms with Gasteiger partial charge in [-0.25, -0.2) is 15.0 Å². The van der Waals surface area contributed by atoms with E-state index in [1.165, 1.54) is 6.33 Å². The second-order valence-electron chi connectivity index (χ2n) is 6.28. The summed E-state index contributed by atoms with van der Waals surface area (Å²) < 4.78 is 1.96. The number of anilines is 1. The predicted octanol–water partition coefficient (Wildman–Crippen LogP) is 0.705. The molecule has 0 aromatic carbocycles. The summed E-state index contributed by atoms with van der Waals surface area (Å²) in [7, 11) is 0. The Hall–Kier alpha value is -1.73. The van der Waals surface area contributed by atoms with Gasteiger partial charge in [-0.3, -0.25) is 4.90 Å². The van der Waals surface area contributed by atoms with E-state index < -0.39 is 0 Å². The average molecular weight is 290 g/mol. The van der Waals surface area contributed by atoms with Crippen molar-refractivity contribution < 1.29 is 5.11 Å². The van der Waals surface area contributed by atoms with Gasteiger partial charge in [0, 0.05) is 13.1 Å². The van der Waals surface area contributed by atoms with Crippen LogP contribution in [0.2, 0.25) is 0 Å². The zero-order chi connectivity index (χ0) is 15.0. The fraction of sp³-hybridized carbons (Fsp3) is 0.643. The molecule has 7 nitrogen and oxygen atoms in total. The summed E-state index contributed by atoms with van der Waals surface area (Å²) in [6.45, 7) is 6.65. The normalized spacial score (nSPS) is 23.4. The minimum Gasteiger partial charge on any atom is -0.391 e. The first-order chi connectivity index (χ1) is 10.0. The molecule has 2 unspecified atom stereocenters. The molecule has 1 fully saturated rings. The number of nitrogens with two attached hydrogens (primary N) is 1. The number of aliphatic hydroxyl groups is 1. The molecule has 1 aliphatic rings. The maximum absolute atomic E-state index is 10.2. The first-order valence-electron chi connectivity index (χ1n) is 7.36. The van der Waals surface area contributed by atoms with Crippen LogP contribution in [0.1, 0.15) is 20.3 Å². The Morgan fingerprint density at radius 2 is 2.14 bits per heavy atom. The van der Waals surface area contributed by atoms with Crippen LogP contribution in [0.4, 0.5) is 5.82 Å². The van der Waals surface area contributed by atoms with Gasteiger partial charge in [-0.1, -0.05) is 13.8 Å². The Balaban J connectivity index is 1.73. The number of imidazole rings is 1. The minimum absolute atomic E-state index is 0.248. The van der Waals surface area contributed by atoms with E-state index in [0.29, 0.717) is 36.4 Å². The van der Waals surface area contributed by atoms with E-state index in [9.17, 15) is 5.11 Å². The van der Waals surface area contributed by atoms with Crippen molar-refractivity contribution in [1.82, 2.24) is 24.4 Å². The molecule has 0 saturated carbocycles. The Morgan fingerprint density at radius 1 is 1.33 bits per heavy atom.